The zero-order valence-corrected chi connectivity index (χ0v) is 10.6. The highest BCUT2D eigenvalue weighted by molar-refractivity contribution is 9.11. The number of thiophene rings is 1. The van der Waals surface area contributed by atoms with Crippen LogP contribution in [0.5, 0.6) is 0 Å². The van der Waals surface area contributed by atoms with Crippen molar-refractivity contribution in [2.24, 2.45) is 0 Å². The maximum Gasteiger partial charge on any atom is 0.325 e. The van der Waals surface area contributed by atoms with E-state index in [1.54, 1.807) is 6.07 Å². The van der Waals surface area contributed by atoms with Crippen molar-refractivity contribution >= 4 is 58.3 Å². The summed E-state index contributed by atoms with van der Waals surface area (Å²) < 4.78 is 2.68. The van der Waals surface area contributed by atoms with Crippen molar-refractivity contribution in [3.63, 3.8) is 0 Å². The van der Waals surface area contributed by atoms with E-state index >= 15 is 0 Å². The first kappa shape index (κ1) is 10.1. The minimum absolute atomic E-state index is 0.166. The maximum absolute atomic E-state index is 10.6. The van der Waals surface area contributed by atoms with E-state index in [0.717, 1.165) is 19.0 Å². The molecule has 0 spiro atoms. The summed E-state index contributed by atoms with van der Waals surface area (Å²) in [5, 5.41) is 11.6. The summed E-state index contributed by atoms with van der Waals surface area (Å²) in [7, 11) is 0. The monoisotopic (exact) mass is 335 g/mol. The van der Waals surface area contributed by atoms with E-state index in [2.05, 4.69) is 31.9 Å². The Morgan fingerprint density at radius 1 is 1.29 bits per heavy atom. The fourth-order valence-electron chi connectivity index (χ4n) is 1.14. The number of halogens is 2. The largest absolute Gasteiger partial charge is 0.325 e. The summed E-state index contributed by atoms with van der Waals surface area (Å²) in [6, 6.07) is 5.33. The van der Waals surface area contributed by atoms with Gasteiger partial charge >= 0.3 is 5.00 Å². The molecule has 2 aromatic rings. The van der Waals surface area contributed by atoms with Crippen molar-refractivity contribution in [1.29, 1.82) is 0 Å². The van der Waals surface area contributed by atoms with Crippen LogP contribution in [0.3, 0.4) is 0 Å². The van der Waals surface area contributed by atoms with Crippen LogP contribution in [0.25, 0.3) is 10.1 Å². The van der Waals surface area contributed by atoms with Gasteiger partial charge in [0.2, 0.25) is 0 Å². The second kappa shape index (κ2) is 3.60. The van der Waals surface area contributed by atoms with Crippen LogP contribution in [0.4, 0.5) is 5.00 Å². The third-order valence-corrected chi connectivity index (χ3v) is 3.87. The molecule has 0 saturated heterocycles. The smallest absolute Gasteiger partial charge is 0.258 e. The zero-order valence-electron chi connectivity index (χ0n) is 6.66. The summed E-state index contributed by atoms with van der Waals surface area (Å²) in [5.74, 6) is 0. The number of nitrogens with zero attached hydrogens (tertiary/aromatic N) is 1. The van der Waals surface area contributed by atoms with Gasteiger partial charge in [-0.15, -0.1) is 0 Å². The lowest BCUT2D eigenvalue weighted by Gasteiger charge is -1.93. The van der Waals surface area contributed by atoms with Gasteiger partial charge in [0.05, 0.1) is 4.92 Å². The molecule has 0 amide bonds. The van der Waals surface area contributed by atoms with Gasteiger partial charge in [-0.1, -0.05) is 43.2 Å². The van der Waals surface area contributed by atoms with Crippen LogP contribution in [-0.4, -0.2) is 4.92 Å². The van der Waals surface area contributed by atoms with E-state index in [-0.39, 0.29) is 9.92 Å². The number of rotatable bonds is 1. The molecule has 1 aromatic heterocycles. The first-order valence-electron chi connectivity index (χ1n) is 3.61. The molecule has 0 aliphatic heterocycles. The van der Waals surface area contributed by atoms with Gasteiger partial charge in [0, 0.05) is 25.1 Å². The van der Waals surface area contributed by atoms with Gasteiger partial charge in [-0.05, 0) is 12.1 Å². The third kappa shape index (κ3) is 1.69. The molecule has 0 fully saturated rings. The van der Waals surface area contributed by atoms with Crippen LogP contribution in [0.15, 0.2) is 27.1 Å². The van der Waals surface area contributed by atoms with Crippen molar-refractivity contribution in [2.75, 3.05) is 0 Å². The standard InChI is InChI=1S/C8H3Br2NO2S/c9-4-1-6(10)5-3-8(11(12)13)14-7(5)2-4/h1-3H. The van der Waals surface area contributed by atoms with Gasteiger partial charge in [-0.3, -0.25) is 10.1 Å². The number of nitro groups is 1. The van der Waals surface area contributed by atoms with Crippen molar-refractivity contribution in [2.45, 2.75) is 0 Å². The van der Waals surface area contributed by atoms with Crippen LogP contribution in [-0.2, 0) is 0 Å². The van der Waals surface area contributed by atoms with Crippen LogP contribution >= 0.6 is 43.2 Å². The molecule has 0 aliphatic carbocycles. The summed E-state index contributed by atoms with van der Waals surface area (Å²) in [6.45, 7) is 0. The molecule has 0 bridgehead atoms. The van der Waals surface area contributed by atoms with E-state index < -0.39 is 0 Å². The van der Waals surface area contributed by atoms with Crippen molar-refractivity contribution in [3.8, 4) is 0 Å². The highest BCUT2D eigenvalue weighted by atomic mass is 79.9. The van der Waals surface area contributed by atoms with Crippen molar-refractivity contribution in [1.82, 2.24) is 0 Å². The Bertz CT molecular complexity index is 523. The SMILES string of the molecule is O=[N+]([O-])c1cc2c(Br)cc(Br)cc2s1. The van der Waals surface area contributed by atoms with Crippen molar-refractivity contribution in [3.05, 3.63) is 37.3 Å². The van der Waals surface area contributed by atoms with Gasteiger partial charge in [-0.2, -0.15) is 0 Å². The number of fused-ring (bicyclic) bond motifs is 1. The lowest BCUT2D eigenvalue weighted by Crippen LogP contribution is -1.80. The minimum Gasteiger partial charge on any atom is -0.258 e. The molecule has 0 saturated carbocycles. The third-order valence-electron chi connectivity index (χ3n) is 1.72. The average Bonchev–Trinajstić information content (AvgIpc) is 2.47. The Kier molecular flexibility index (Phi) is 2.59. The highest BCUT2D eigenvalue weighted by Crippen LogP contribution is 2.37. The molecule has 0 unspecified atom stereocenters. The molecule has 2 rings (SSSR count). The summed E-state index contributed by atoms with van der Waals surface area (Å²) in [5.41, 5.74) is 0. The first-order chi connectivity index (χ1) is 6.58. The van der Waals surface area contributed by atoms with E-state index in [1.165, 1.54) is 11.3 Å². The molecule has 1 aromatic carbocycles. The predicted octanol–water partition coefficient (Wildman–Crippen LogP) is 4.33. The molecular weight excluding hydrogens is 334 g/mol. The van der Waals surface area contributed by atoms with Gasteiger partial charge in [0.1, 0.15) is 0 Å². The average molecular weight is 337 g/mol. The van der Waals surface area contributed by atoms with Crippen LogP contribution in [0, 0.1) is 10.1 Å². The van der Waals surface area contributed by atoms with Crippen LogP contribution < -0.4 is 0 Å². The number of hydrogen-bond donors (Lipinski definition) is 0. The molecule has 0 atom stereocenters. The molecule has 3 nitrogen and oxygen atoms in total. The maximum atomic E-state index is 10.6. The Morgan fingerprint density at radius 2 is 2.00 bits per heavy atom. The van der Waals surface area contributed by atoms with Gasteiger partial charge in [-0.25, -0.2) is 0 Å². The number of hydrogen-bond acceptors (Lipinski definition) is 3. The van der Waals surface area contributed by atoms with E-state index in [9.17, 15) is 10.1 Å². The summed E-state index contributed by atoms with van der Waals surface area (Å²) >= 11 is 7.88. The molecule has 6 heteroatoms. The molecular formula is C8H3Br2NO2S. The van der Waals surface area contributed by atoms with E-state index in [4.69, 9.17) is 0 Å². The van der Waals surface area contributed by atoms with Gasteiger partial charge in [0.25, 0.3) is 0 Å². The Morgan fingerprint density at radius 3 is 2.64 bits per heavy atom. The topological polar surface area (TPSA) is 43.1 Å². The Labute approximate surface area is 100 Å². The predicted molar refractivity (Wildman–Crippen MR) is 63.9 cm³/mol. The van der Waals surface area contributed by atoms with Crippen LogP contribution in [0.1, 0.15) is 0 Å². The Balaban J connectivity index is 2.76. The molecule has 0 aliphatic rings. The summed E-state index contributed by atoms with van der Waals surface area (Å²) in [6.07, 6.45) is 0. The second-order valence-corrected chi connectivity index (χ2v) is 5.47. The summed E-state index contributed by atoms with van der Waals surface area (Å²) in [4.78, 5) is 10.2. The lowest BCUT2D eigenvalue weighted by molar-refractivity contribution is -0.380. The molecule has 0 radical (unpaired) electrons. The van der Waals surface area contributed by atoms with E-state index in [0.29, 0.717) is 0 Å². The van der Waals surface area contributed by atoms with Crippen LogP contribution in [0.2, 0.25) is 0 Å². The lowest BCUT2D eigenvalue weighted by atomic mass is 10.3. The quantitative estimate of drug-likeness (QED) is 0.574. The van der Waals surface area contributed by atoms with Gasteiger partial charge < -0.3 is 0 Å². The fourth-order valence-corrected chi connectivity index (χ4v) is 3.71. The normalized spacial score (nSPS) is 10.7. The zero-order chi connectivity index (χ0) is 10.3. The molecule has 1 heterocycles. The molecule has 72 valence electrons. The highest BCUT2D eigenvalue weighted by Gasteiger charge is 2.13. The fraction of sp³-hybridized carbons (Fsp3) is 0. The first-order valence-corrected chi connectivity index (χ1v) is 6.01. The van der Waals surface area contributed by atoms with Crippen molar-refractivity contribution < 1.29 is 4.92 Å². The minimum atomic E-state index is -0.370. The Hall–Kier alpha value is -0.460. The molecule has 14 heavy (non-hydrogen) atoms. The molecule has 0 N–H and O–H groups in total. The number of benzene rings is 1. The van der Waals surface area contributed by atoms with E-state index in [1.807, 2.05) is 12.1 Å². The second-order valence-electron chi connectivity index (χ2n) is 2.64. The van der Waals surface area contributed by atoms with Gasteiger partial charge in [0.15, 0.2) is 0 Å².